The number of anilines is 1. The van der Waals surface area contributed by atoms with E-state index in [2.05, 4.69) is 12.1 Å². The summed E-state index contributed by atoms with van der Waals surface area (Å²) in [7, 11) is 0. The third-order valence-corrected chi connectivity index (χ3v) is 5.90. The Kier molecular flexibility index (Phi) is 6.73. The number of hydrogen-bond acceptors (Lipinski definition) is 4. The highest BCUT2D eigenvalue weighted by atomic mass is 16.6. The predicted molar refractivity (Wildman–Crippen MR) is 116 cm³/mol. The molecule has 0 spiro atoms. The van der Waals surface area contributed by atoms with E-state index in [9.17, 15) is 9.59 Å². The Hall–Kier alpha value is -2.62. The van der Waals surface area contributed by atoms with Crippen LogP contribution >= 0.6 is 0 Å². The molecule has 2 aromatic rings. The van der Waals surface area contributed by atoms with Crippen molar-refractivity contribution >= 4 is 17.4 Å². The summed E-state index contributed by atoms with van der Waals surface area (Å²) in [5.74, 6) is -0.392. The number of benzene rings is 2. The second-order valence-electron chi connectivity index (χ2n) is 8.20. The van der Waals surface area contributed by atoms with Crippen LogP contribution in [0.15, 0.2) is 60.7 Å². The van der Waals surface area contributed by atoms with Crippen molar-refractivity contribution in [2.45, 2.75) is 58.1 Å². The van der Waals surface area contributed by atoms with Gasteiger partial charge in [0.15, 0.2) is 11.8 Å². The maximum atomic E-state index is 13.3. The molecule has 1 aliphatic heterocycles. The van der Waals surface area contributed by atoms with Gasteiger partial charge >= 0.3 is 5.97 Å². The molecule has 2 atom stereocenters. The van der Waals surface area contributed by atoms with E-state index in [4.69, 9.17) is 4.74 Å². The maximum Gasteiger partial charge on any atom is 0.337 e. The number of nitrogens with zero attached hydrogens (tertiary/aromatic N) is 1. The highest BCUT2D eigenvalue weighted by Crippen LogP contribution is 2.37. The molecule has 4 heteroatoms. The molecule has 4 nitrogen and oxygen atoms in total. The predicted octanol–water partition coefficient (Wildman–Crippen LogP) is 4.82. The second kappa shape index (κ2) is 9.25. The van der Waals surface area contributed by atoms with Crippen LogP contribution in [0.25, 0.3) is 0 Å². The van der Waals surface area contributed by atoms with Gasteiger partial charge in [0.25, 0.3) is 0 Å². The Morgan fingerprint density at radius 3 is 2.21 bits per heavy atom. The van der Waals surface area contributed by atoms with Gasteiger partial charge in [-0.05, 0) is 42.9 Å². The summed E-state index contributed by atoms with van der Waals surface area (Å²) >= 11 is 0. The fraction of sp³-hybridized carbons (Fsp3) is 0.440. The lowest BCUT2D eigenvalue weighted by Gasteiger charge is -2.44. The largest absolute Gasteiger partial charge is 0.456 e. The van der Waals surface area contributed by atoms with Crippen molar-refractivity contribution in [2.75, 3.05) is 11.4 Å². The Bertz CT molecular complexity index is 798. The summed E-state index contributed by atoms with van der Waals surface area (Å²) in [4.78, 5) is 28.3. The summed E-state index contributed by atoms with van der Waals surface area (Å²) in [6.07, 6.45) is 2.54. The average molecular weight is 394 g/mol. The lowest BCUT2D eigenvalue weighted by atomic mass is 9.77. The number of carbonyl (C=O) groups excluding carboxylic acids is 2. The van der Waals surface area contributed by atoms with Crippen LogP contribution in [-0.2, 0) is 20.7 Å². The molecule has 0 N–H and O–H groups in total. The van der Waals surface area contributed by atoms with Crippen LogP contribution in [0.3, 0.4) is 0 Å². The smallest absolute Gasteiger partial charge is 0.337 e. The van der Waals surface area contributed by atoms with E-state index >= 15 is 0 Å². The van der Waals surface area contributed by atoms with Crippen molar-refractivity contribution in [1.82, 2.24) is 0 Å². The molecule has 0 bridgehead atoms. The van der Waals surface area contributed by atoms with Gasteiger partial charge in [0, 0.05) is 18.7 Å². The number of ketones is 1. The number of hydrogen-bond donors (Lipinski definition) is 0. The Labute approximate surface area is 173 Å². The molecule has 1 fully saturated rings. The topological polar surface area (TPSA) is 46.6 Å². The first-order chi connectivity index (χ1) is 14.0. The number of cyclic esters (lactones) is 1. The molecule has 0 saturated carbocycles. The zero-order chi connectivity index (χ0) is 20.9. The van der Waals surface area contributed by atoms with Gasteiger partial charge in [-0.3, -0.25) is 4.79 Å². The third-order valence-electron chi connectivity index (χ3n) is 5.90. The second-order valence-corrected chi connectivity index (χ2v) is 8.20. The molecule has 0 aromatic heterocycles. The van der Waals surface area contributed by atoms with Crippen molar-refractivity contribution in [1.29, 1.82) is 0 Å². The summed E-state index contributed by atoms with van der Waals surface area (Å²) in [5, 5.41) is 0. The monoisotopic (exact) mass is 393 g/mol. The molecule has 1 heterocycles. The lowest BCUT2D eigenvalue weighted by molar-refractivity contribution is -0.179. The van der Waals surface area contributed by atoms with Crippen molar-refractivity contribution in [3.8, 4) is 0 Å². The molecular formula is C25H31NO3. The van der Waals surface area contributed by atoms with Crippen LogP contribution in [0.5, 0.6) is 0 Å². The van der Waals surface area contributed by atoms with Crippen LogP contribution in [0.4, 0.5) is 5.69 Å². The van der Waals surface area contributed by atoms with Crippen molar-refractivity contribution < 1.29 is 14.3 Å². The first-order valence-electron chi connectivity index (χ1n) is 10.6. The standard InChI is InChI=1S/C25H31NO3/c1-4-17-26(21-13-9-6-10-14-21)23-22(27)18-25(19(2)3,29-24(23)28)16-15-20-11-7-5-8-12-20/h5-14,19,23H,4,15-18H2,1-3H3. The molecule has 1 aliphatic rings. The Morgan fingerprint density at radius 2 is 1.66 bits per heavy atom. The minimum Gasteiger partial charge on any atom is -0.456 e. The van der Waals surface area contributed by atoms with E-state index in [-0.39, 0.29) is 18.1 Å². The number of rotatable bonds is 8. The first kappa shape index (κ1) is 21.1. The third kappa shape index (κ3) is 4.69. The average Bonchev–Trinajstić information content (AvgIpc) is 2.72. The Morgan fingerprint density at radius 1 is 1.03 bits per heavy atom. The van der Waals surface area contributed by atoms with Crippen LogP contribution in [-0.4, -0.2) is 29.9 Å². The van der Waals surface area contributed by atoms with E-state index < -0.39 is 17.6 Å². The molecule has 0 aliphatic carbocycles. The molecule has 0 radical (unpaired) electrons. The minimum atomic E-state index is -0.860. The van der Waals surface area contributed by atoms with E-state index in [0.717, 1.165) is 18.5 Å². The zero-order valence-electron chi connectivity index (χ0n) is 17.6. The highest BCUT2D eigenvalue weighted by Gasteiger charge is 2.50. The van der Waals surface area contributed by atoms with E-state index in [0.29, 0.717) is 13.0 Å². The zero-order valence-corrected chi connectivity index (χ0v) is 17.6. The summed E-state index contributed by atoms with van der Waals surface area (Å²) in [6.45, 7) is 6.75. The fourth-order valence-electron chi connectivity index (χ4n) is 4.13. The molecule has 1 saturated heterocycles. The molecule has 2 unspecified atom stereocenters. The first-order valence-corrected chi connectivity index (χ1v) is 10.6. The van der Waals surface area contributed by atoms with Gasteiger partial charge in [-0.25, -0.2) is 4.79 Å². The number of Topliss-reactive ketones (excluding diaryl/α,β-unsaturated/α-hetero) is 1. The van der Waals surface area contributed by atoms with Crippen molar-refractivity contribution in [2.24, 2.45) is 5.92 Å². The fourth-order valence-corrected chi connectivity index (χ4v) is 4.13. The number of aryl methyl sites for hydroxylation is 1. The van der Waals surface area contributed by atoms with Gasteiger partial charge in [-0.15, -0.1) is 0 Å². The summed E-state index contributed by atoms with van der Waals surface area (Å²) in [6, 6.07) is 19.0. The number of carbonyl (C=O) groups is 2. The van der Waals surface area contributed by atoms with E-state index in [1.54, 1.807) is 0 Å². The van der Waals surface area contributed by atoms with Crippen molar-refractivity contribution in [3.05, 3.63) is 66.2 Å². The SMILES string of the molecule is CCCN(c1ccccc1)C1C(=O)CC(CCc2ccccc2)(C(C)C)OC1=O. The number of para-hydroxylation sites is 1. The van der Waals surface area contributed by atoms with Gasteiger partial charge < -0.3 is 9.64 Å². The van der Waals surface area contributed by atoms with Crippen LogP contribution in [0, 0.1) is 5.92 Å². The van der Waals surface area contributed by atoms with Gasteiger partial charge in [0.05, 0.1) is 0 Å². The molecule has 29 heavy (non-hydrogen) atoms. The number of esters is 1. The molecule has 0 amide bonds. The van der Waals surface area contributed by atoms with E-state index in [1.807, 2.05) is 74.2 Å². The van der Waals surface area contributed by atoms with Crippen LogP contribution < -0.4 is 4.90 Å². The summed E-state index contributed by atoms with van der Waals surface area (Å²) < 4.78 is 6.09. The lowest BCUT2D eigenvalue weighted by Crippen LogP contribution is -2.59. The van der Waals surface area contributed by atoms with E-state index in [1.165, 1.54) is 5.56 Å². The highest BCUT2D eigenvalue weighted by molar-refractivity contribution is 6.08. The maximum absolute atomic E-state index is 13.3. The van der Waals surface area contributed by atoms with Crippen LogP contribution in [0.2, 0.25) is 0 Å². The molecule has 154 valence electrons. The molecule has 2 aromatic carbocycles. The van der Waals surface area contributed by atoms with Gasteiger partial charge in [0.2, 0.25) is 0 Å². The normalized spacial score (nSPS) is 21.9. The summed E-state index contributed by atoms with van der Waals surface area (Å²) in [5.41, 5.74) is 1.33. The quantitative estimate of drug-likeness (QED) is 0.477. The van der Waals surface area contributed by atoms with Gasteiger partial charge in [0.1, 0.15) is 5.60 Å². The van der Waals surface area contributed by atoms with Gasteiger partial charge in [-0.2, -0.15) is 0 Å². The minimum absolute atomic E-state index is 0.0414. The van der Waals surface area contributed by atoms with Crippen molar-refractivity contribution in [3.63, 3.8) is 0 Å². The van der Waals surface area contributed by atoms with Crippen LogP contribution in [0.1, 0.15) is 45.6 Å². The Balaban J connectivity index is 1.82. The number of ether oxygens (including phenoxy) is 1. The molecule has 3 rings (SSSR count). The van der Waals surface area contributed by atoms with Gasteiger partial charge in [-0.1, -0.05) is 69.3 Å². The molecular weight excluding hydrogens is 362 g/mol.